The Hall–Kier alpha value is -3.48. The minimum Gasteiger partial charge on any atom is -0.480 e. The molecule has 7 nitrogen and oxygen atoms in total. The van der Waals surface area contributed by atoms with Crippen molar-refractivity contribution >= 4 is 45.0 Å². The molecule has 2 aromatic carbocycles. The number of carboxylic acids is 1. The maximum atomic E-state index is 12.5. The lowest BCUT2D eigenvalue weighted by Crippen LogP contribution is -2.41. The van der Waals surface area contributed by atoms with E-state index in [9.17, 15) is 14.7 Å². The van der Waals surface area contributed by atoms with Gasteiger partial charge in [-0.2, -0.15) is 0 Å². The van der Waals surface area contributed by atoms with Crippen LogP contribution in [0.2, 0.25) is 0 Å². The highest BCUT2D eigenvalue weighted by atomic mass is 16.4. The minimum atomic E-state index is -1.01. The molecule has 1 amide bonds. The first-order valence-corrected chi connectivity index (χ1v) is 10.1. The van der Waals surface area contributed by atoms with Gasteiger partial charge in [0, 0.05) is 18.4 Å². The summed E-state index contributed by atoms with van der Waals surface area (Å²) in [6.07, 6.45) is 0.554. The van der Waals surface area contributed by atoms with E-state index in [1.54, 1.807) is 0 Å². The minimum absolute atomic E-state index is 0.157. The molecule has 7 heteroatoms. The SMILES string of the molecule is CC(C)CC(NC(=O)CCn1c2ccccc2c2nc3ccccc3nc21)C(=O)O. The molecule has 0 aliphatic heterocycles. The van der Waals surface area contributed by atoms with Gasteiger partial charge in [0.1, 0.15) is 11.6 Å². The van der Waals surface area contributed by atoms with Gasteiger partial charge >= 0.3 is 5.97 Å². The fraction of sp³-hybridized carbons (Fsp3) is 0.304. The molecule has 0 saturated carbocycles. The van der Waals surface area contributed by atoms with Gasteiger partial charge in [0.15, 0.2) is 5.65 Å². The summed E-state index contributed by atoms with van der Waals surface area (Å²) in [6.45, 7) is 4.25. The Morgan fingerprint density at radius 1 is 1.03 bits per heavy atom. The fourth-order valence-corrected chi connectivity index (χ4v) is 3.78. The van der Waals surface area contributed by atoms with Crippen molar-refractivity contribution in [3.05, 3.63) is 48.5 Å². The summed E-state index contributed by atoms with van der Waals surface area (Å²) < 4.78 is 1.99. The number of benzene rings is 2. The molecule has 2 heterocycles. The number of aryl methyl sites for hydroxylation is 1. The van der Waals surface area contributed by atoms with E-state index in [-0.39, 0.29) is 18.2 Å². The van der Waals surface area contributed by atoms with E-state index < -0.39 is 12.0 Å². The van der Waals surface area contributed by atoms with E-state index in [2.05, 4.69) is 5.32 Å². The van der Waals surface area contributed by atoms with Crippen LogP contribution in [0.1, 0.15) is 26.7 Å². The van der Waals surface area contributed by atoms with Gasteiger partial charge in [-0.3, -0.25) is 4.79 Å². The van der Waals surface area contributed by atoms with Crippen LogP contribution in [0.4, 0.5) is 0 Å². The number of carbonyl (C=O) groups excluding carboxylic acids is 1. The number of carbonyl (C=O) groups is 2. The molecule has 4 aromatic rings. The summed E-state index contributed by atoms with van der Waals surface area (Å²) >= 11 is 0. The molecule has 1 unspecified atom stereocenters. The van der Waals surface area contributed by atoms with Crippen molar-refractivity contribution in [2.75, 3.05) is 0 Å². The molecule has 0 saturated heterocycles. The van der Waals surface area contributed by atoms with Crippen LogP contribution in [0.25, 0.3) is 33.1 Å². The third-order valence-corrected chi connectivity index (χ3v) is 5.16. The number of amides is 1. The van der Waals surface area contributed by atoms with Crippen molar-refractivity contribution < 1.29 is 14.7 Å². The van der Waals surface area contributed by atoms with Crippen molar-refractivity contribution in [2.45, 2.75) is 39.3 Å². The molecular weight excluding hydrogens is 380 g/mol. The zero-order valence-corrected chi connectivity index (χ0v) is 17.0. The van der Waals surface area contributed by atoms with Crippen LogP contribution in [0.5, 0.6) is 0 Å². The molecule has 1 atom stereocenters. The number of nitrogens with zero attached hydrogens (tertiary/aromatic N) is 3. The van der Waals surface area contributed by atoms with Crippen LogP contribution in [0.3, 0.4) is 0 Å². The molecule has 154 valence electrons. The van der Waals surface area contributed by atoms with E-state index in [0.29, 0.717) is 13.0 Å². The third kappa shape index (κ3) is 3.83. The quantitative estimate of drug-likeness (QED) is 0.489. The zero-order chi connectivity index (χ0) is 21.3. The fourth-order valence-electron chi connectivity index (χ4n) is 3.78. The predicted molar refractivity (Wildman–Crippen MR) is 116 cm³/mol. The van der Waals surface area contributed by atoms with Gasteiger partial charge < -0.3 is 15.0 Å². The van der Waals surface area contributed by atoms with Crippen molar-refractivity contribution in [3.8, 4) is 0 Å². The van der Waals surface area contributed by atoms with Gasteiger partial charge in [-0.15, -0.1) is 0 Å². The summed E-state index contributed by atoms with van der Waals surface area (Å²) in [5, 5.41) is 13.0. The maximum absolute atomic E-state index is 12.5. The Labute approximate surface area is 173 Å². The Morgan fingerprint density at radius 2 is 1.70 bits per heavy atom. The van der Waals surface area contributed by atoms with Crippen LogP contribution in [0.15, 0.2) is 48.5 Å². The number of rotatable bonds is 7. The van der Waals surface area contributed by atoms with E-state index in [1.807, 2.05) is 66.9 Å². The van der Waals surface area contributed by atoms with Crippen molar-refractivity contribution in [1.29, 1.82) is 0 Å². The van der Waals surface area contributed by atoms with Crippen LogP contribution in [-0.2, 0) is 16.1 Å². The topological polar surface area (TPSA) is 97.1 Å². The maximum Gasteiger partial charge on any atom is 0.326 e. The lowest BCUT2D eigenvalue weighted by Gasteiger charge is -2.16. The first-order chi connectivity index (χ1) is 14.4. The highest BCUT2D eigenvalue weighted by Gasteiger charge is 2.21. The molecule has 0 bridgehead atoms. The number of fused-ring (bicyclic) bond motifs is 4. The molecule has 0 aliphatic rings. The second-order valence-corrected chi connectivity index (χ2v) is 7.89. The number of aliphatic carboxylic acids is 1. The molecular formula is C23H24N4O3. The normalized spacial score (nSPS) is 12.6. The Bertz CT molecular complexity index is 1250. The molecule has 0 aliphatic carbocycles. The van der Waals surface area contributed by atoms with Gasteiger partial charge in [0.2, 0.25) is 5.91 Å². The number of nitrogens with one attached hydrogen (secondary N) is 1. The van der Waals surface area contributed by atoms with E-state index >= 15 is 0 Å². The lowest BCUT2D eigenvalue weighted by atomic mass is 10.0. The number of hydrogen-bond acceptors (Lipinski definition) is 4. The number of para-hydroxylation sites is 3. The third-order valence-electron chi connectivity index (χ3n) is 5.16. The molecule has 0 fully saturated rings. The molecule has 2 N–H and O–H groups in total. The first-order valence-electron chi connectivity index (χ1n) is 10.1. The van der Waals surface area contributed by atoms with Crippen molar-refractivity contribution in [2.24, 2.45) is 5.92 Å². The molecule has 4 rings (SSSR count). The zero-order valence-electron chi connectivity index (χ0n) is 17.0. The second kappa shape index (κ2) is 8.10. The van der Waals surface area contributed by atoms with E-state index in [0.717, 1.165) is 33.1 Å². The molecule has 0 spiro atoms. The predicted octanol–water partition coefficient (Wildman–Crippen LogP) is 3.74. The van der Waals surface area contributed by atoms with Gasteiger partial charge in [0.05, 0.1) is 16.6 Å². The van der Waals surface area contributed by atoms with Gasteiger partial charge in [-0.1, -0.05) is 44.2 Å². The van der Waals surface area contributed by atoms with Gasteiger partial charge in [0.25, 0.3) is 0 Å². The summed E-state index contributed by atoms with van der Waals surface area (Å²) in [7, 11) is 0. The van der Waals surface area contributed by atoms with Crippen LogP contribution >= 0.6 is 0 Å². The lowest BCUT2D eigenvalue weighted by molar-refractivity contribution is -0.142. The smallest absolute Gasteiger partial charge is 0.326 e. The molecule has 30 heavy (non-hydrogen) atoms. The van der Waals surface area contributed by atoms with Crippen LogP contribution < -0.4 is 5.32 Å². The van der Waals surface area contributed by atoms with Crippen LogP contribution in [-0.4, -0.2) is 37.6 Å². The monoisotopic (exact) mass is 404 g/mol. The number of carboxylic acid groups (broad SMARTS) is 1. The van der Waals surface area contributed by atoms with Gasteiger partial charge in [-0.05, 0) is 30.5 Å². The second-order valence-electron chi connectivity index (χ2n) is 7.89. The highest BCUT2D eigenvalue weighted by molar-refractivity contribution is 6.06. The Balaban J connectivity index is 1.65. The Morgan fingerprint density at radius 3 is 2.40 bits per heavy atom. The Kier molecular flexibility index (Phi) is 5.35. The van der Waals surface area contributed by atoms with E-state index in [1.165, 1.54) is 0 Å². The highest BCUT2D eigenvalue weighted by Crippen LogP contribution is 2.28. The number of aromatic nitrogens is 3. The number of hydrogen-bond donors (Lipinski definition) is 2. The average Bonchev–Trinajstić information content (AvgIpc) is 3.02. The standard InChI is InChI=1S/C23H24N4O3/c1-14(2)13-18(23(29)30)24-20(28)11-12-27-19-10-6-3-7-15(19)21-22(27)26-17-9-5-4-8-16(17)25-21/h3-10,14,18H,11-13H2,1-2H3,(H,24,28)(H,29,30). The van der Waals surface area contributed by atoms with Crippen molar-refractivity contribution in [3.63, 3.8) is 0 Å². The van der Waals surface area contributed by atoms with E-state index in [4.69, 9.17) is 9.97 Å². The summed E-state index contributed by atoms with van der Waals surface area (Å²) in [4.78, 5) is 33.5. The largest absolute Gasteiger partial charge is 0.480 e. The summed E-state index contributed by atoms with van der Waals surface area (Å²) in [5.74, 6) is -1.12. The summed E-state index contributed by atoms with van der Waals surface area (Å²) in [6, 6.07) is 14.7. The van der Waals surface area contributed by atoms with Gasteiger partial charge in [-0.25, -0.2) is 14.8 Å². The van der Waals surface area contributed by atoms with Crippen LogP contribution in [0, 0.1) is 5.92 Å². The van der Waals surface area contributed by atoms with Crippen molar-refractivity contribution in [1.82, 2.24) is 19.9 Å². The average molecular weight is 404 g/mol. The first kappa shape index (κ1) is 19.8. The molecule has 0 radical (unpaired) electrons. The summed E-state index contributed by atoms with van der Waals surface area (Å²) in [5.41, 5.74) is 4.09. The molecule has 2 aromatic heterocycles.